The van der Waals surface area contributed by atoms with Gasteiger partial charge < -0.3 is 30.5 Å². The molecular formula is C24H32ClFN6O3S. The number of piperidine rings is 1. The zero-order valence-electron chi connectivity index (χ0n) is 20.2. The fourth-order valence-corrected chi connectivity index (χ4v) is 6.57. The second-order valence-electron chi connectivity index (χ2n) is 10.2. The first kappa shape index (κ1) is 25.9. The molecule has 0 bridgehead atoms. The highest BCUT2D eigenvalue weighted by molar-refractivity contribution is 7.99. The summed E-state index contributed by atoms with van der Waals surface area (Å²) in [5.41, 5.74) is 6.22. The van der Waals surface area contributed by atoms with Crippen LogP contribution in [0.4, 0.5) is 16.0 Å². The number of hydrogen-bond acceptors (Lipinski definition) is 10. The SMILES string of the molecule is C[C@@H]1OCC2(CCN(c3ncc(Sc4ccnc(N5CC(CO)(CF)C5)c4Cl)nc3CO)CC2)[C@@H]1N. The Labute approximate surface area is 219 Å². The highest BCUT2D eigenvalue weighted by atomic mass is 35.5. The van der Waals surface area contributed by atoms with Crippen LogP contribution < -0.4 is 15.5 Å². The molecule has 0 radical (unpaired) electrons. The smallest absolute Gasteiger partial charge is 0.152 e. The Bertz CT molecular complexity index is 1090. The molecule has 3 saturated heterocycles. The minimum Gasteiger partial charge on any atom is -0.396 e. The summed E-state index contributed by atoms with van der Waals surface area (Å²) in [5.74, 6) is 1.24. The largest absolute Gasteiger partial charge is 0.396 e. The summed E-state index contributed by atoms with van der Waals surface area (Å²) in [7, 11) is 0. The molecule has 1 spiro atoms. The molecule has 0 unspecified atom stereocenters. The molecule has 0 amide bonds. The molecular weight excluding hydrogens is 507 g/mol. The molecule has 2 aromatic heterocycles. The van der Waals surface area contributed by atoms with Crippen LogP contribution in [0.3, 0.4) is 0 Å². The molecule has 12 heteroatoms. The summed E-state index contributed by atoms with van der Waals surface area (Å²) in [5, 5.41) is 20.6. The number of anilines is 2. The maximum Gasteiger partial charge on any atom is 0.152 e. The van der Waals surface area contributed by atoms with Crippen LogP contribution in [-0.2, 0) is 11.3 Å². The van der Waals surface area contributed by atoms with Gasteiger partial charge in [0.2, 0.25) is 0 Å². The van der Waals surface area contributed by atoms with Crippen LogP contribution in [0.2, 0.25) is 5.02 Å². The molecule has 0 aromatic carbocycles. The average molecular weight is 539 g/mol. The van der Waals surface area contributed by atoms with E-state index in [2.05, 4.69) is 19.9 Å². The lowest BCUT2D eigenvalue weighted by Gasteiger charge is -2.48. The standard InChI is InChI=1S/C24H32ClFN6O3S/c1-15-20(27)24(14-35-15)3-6-31(7-4-24)21-16(9-33)30-18(8-29-21)36-17-2-5-28-22(19(17)25)32-11-23(10-26,12-32)13-34/h2,5,8,15,20,33-34H,3-4,6-7,9-14,27H2,1H3/t15-,20+/m0/s1. The van der Waals surface area contributed by atoms with Gasteiger partial charge >= 0.3 is 0 Å². The highest BCUT2D eigenvalue weighted by Crippen LogP contribution is 2.43. The van der Waals surface area contributed by atoms with Gasteiger partial charge in [0.1, 0.15) is 23.2 Å². The van der Waals surface area contributed by atoms with E-state index in [4.69, 9.17) is 22.1 Å². The van der Waals surface area contributed by atoms with Gasteiger partial charge in [0.05, 0.1) is 42.6 Å². The molecule has 9 nitrogen and oxygen atoms in total. The van der Waals surface area contributed by atoms with Crippen LogP contribution in [-0.4, -0.2) is 83.4 Å². The number of aromatic nitrogens is 3. The van der Waals surface area contributed by atoms with E-state index in [1.807, 2.05) is 11.8 Å². The summed E-state index contributed by atoms with van der Waals surface area (Å²) in [6.45, 7) is 3.97. The van der Waals surface area contributed by atoms with Crippen LogP contribution in [0.1, 0.15) is 25.5 Å². The Morgan fingerprint density at radius 1 is 1.22 bits per heavy atom. The molecule has 196 valence electrons. The predicted octanol–water partition coefficient (Wildman–Crippen LogP) is 2.27. The van der Waals surface area contributed by atoms with Crippen LogP contribution in [0, 0.1) is 10.8 Å². The van der Waals surface area contributed by atoms with E-state index >= 15 is 0 Å². The number of alkyl halides is 1. The van der Waals surface area contributed by atoms with Crippen LogP contribution >= 0.6 is 23.4 Å². The van der Waals surface area contributed by atoms with Gasteiger partial charge in [0.15, 0.2) is 5.82 Å². The van der Waals surface area contributed by atoms with Gasteiger partial charge in [-0.05, 0) is 25.8 Å². The number of hydrogen-bond donors (Lipinski definition) is 3. The van der Waals surface area contributed by atoms with Crippen molar-refractivity contribution in [2.45, 2.75) is 48.4 Å². The van der Waals surface area contributed by atoms with Gasteiger partial charge in [-0.1, -0.05) is 23.4 Å². The number of nitrogens with two attached hydrogens (primary N) is 1. The fourth-order valence-electron chi connectivity index (χ4n) is 5.43. The highest BCUT2D eigenvalue weighted by Gasteiger charge is 2.48. The summed E-state index contributed by atoms with van der Waals surface area (Å²) >= 11 is 7.98. The van der Waals surface area contributed by atoms with Gasteiger partial charge in [-0.2, -0.15) is 0 Å². The summed E-state index contributed by atoms with van der Waals surface area (Å²) in [4.78, 5) is 18.4. The molecule has 0 saturated carbocycles. The molecule has 2 atom stereocenters. The van der Waals surface area contributed by atoms with Crippen LogP contribution in [0.25, 0.3) is 0 Å². The maximum atomic E-state index is 13.3. The van der Waals surface area contributed by atoms with E-state index < -0.39 is 12.1 Å². The Hall–Kier alpha value is -1.76. The number of halogens is 2. The second kappa shape index (κ2) is 10.2. The van der Waals surface area contributed by atoms with Crippen molar-refractivity contribution in [1.82, 2.24) is 15.0 Å². The van der Waals surface area contributed by atoms with Gasteiger partial charge in [-0.15, -0.1) is 0 Å². The number of aliphatic hydroxyl groups is 2. The Balaban J connectivity index is 1.28. The number of pyridine rings is 1. The van der Waals surface area contributed by atoms with Gasteiger partial charge in [-0.25, -0.2) is 15.0 Å². The third kappa shape index (κ3) is 4.54. The first-order valence-electron chi connectivity index (χ1n) is 12.2. The first-order valence-corrected chi connectivity index (χ1v) is 13.4. The number of nitrogens with zero attached hydrogens (tertiary/aromatic N) is 5. The molecule has 36 heavy (non-hydrogen) atoms. The molecule has 3 aliphatic heterocycles. The van der Waals surface area contributed by atoms with E-state index in [9.17, 15) is 14.6 Å². The lowest BCUT2D eigenvalue weighted by molar-refractivity contribution is 0.0644. The van der Waals surface area contributed by atoms with E-state index in [1.54, 1.807) is 18.5 Å². The normalized spacial score (nSPS) is 24.8. The third-order valence-electron chi connectivity index (χ3n) is 7.88. The lowest BCUT2D eigenvalue weighted by atomic mass is 9.73. The Morgan fingerprint density at radius 3 is 2.58 bits per heavy atom. The summed E-state index contributed by atoms with van der Waals surface area (Å²) in [6, 6.07) is 1.82. The fraction of sp³-hybridized carbons (Fsp3) is 0.625. The quantitative estimate of drug-likeness (QED) is 0.484. The van der Waals surface area contributed by atoms with Crippen molar-refractivity contribution in [2.75, 3.05) is 55.9 Å². The van der Waals surface area contributed by atoms with Crippen molar-refractivity contribution in [2.24, 2.45) is 16.6 Å². The van der Waals surface area contributed by atoms with Crippen molar-refractivity contribution >= 4 is 35.0 Å². The number of rotatable bonds is 7. The van der Waals surface area contributed by atoms with E-state index in [-0.39, 0.29) is 30.8 Å². The Morgan fingerprint density at radius 2 is 1.97 bits per heavy atom. The summed E-state index contributed by atoms with van der Waals surface area (Å²) < 4.78 is 19.1. The van der Waals surface area contributed by atoms with E-state index in [1.165, 1.54) is 11.8 Å². The molecule has 5 heterocycles. The van der Waals surface area contributed by atoms with Gasteiger partial charge in [0, 0.05) is 48.7 Å². The second-order valence-corrected chi connectivity index (χ2v) is 11.7. The van der Waals surface area contributed by atoms with Crippen molar-refractivity contribution in [1.29, 1.82) is 0 Å². The first-order chi connectivity index (χ1) is 17.3. The third-order valence-corrected chi connectivity index (χ3v) is 9.33. The van der Waals surface area contributed by atoms with Crippen LogP contribution in [0.5, 0.6) is 0 Å². The van der Waals surface area contributed by atoms with E-state index in [0.717, 1.165) is 30.8 Å². The number of ether oxygens (including phenoxy) is 1. The minimum absolute atomic E-state index is 0.00577. The predicted molar refractivity (Wildman–Crippen MR) is 136 cm³/mol. The van der Waals surface area contributed by atoms with Crippen LogP contribution in [0.15, 0.2) is 28.4 Å². The maximum absolute atomic E-state index is 13.3. The zero-order chi connectivity index (χ0) is 25.5. The molecule has 4 N–H and O–H groups in total. The van der Waals surface area contributed by atoms with Crippen molar-refractivity contribution in [3.8, 4) is 0 Å². The molecule has 0 aliphatic carbocycles. The minimum atomic E-state index is -0.742. The summed E-state index contributed by atoms with van der Waals surface area (Å²) in [6.07, 6.45) is 5.23. The van der Waals surface area contributed by atoms with Gasteiger partial charge in [0.25, 0.3) is 0 Å². The average Bonchev–Trinajstić information content (AvgIpc) is 3.15. The topological polar surface area (TPSA) is 121 Å². The molecule has 3 fully saturated rings. The molecule has 5 rings (SSSR count). The molecule has 2 aromatic rings. The van der Waals surface area contributed by atoms with Crippen molar-refractivity contribution in [3.05, 3.63) is 29.2 Å². The van der Waals surface area contributed by atoms with Crippen molar-refractivity contribution < 1.29 is 19.3 Å². The Kier molecular flexibility index (Phi) is 7.32. The van der Waals surface area contributed by atoms with Crippen molar-refractivity contribution in [3.63, 3.8) is 0 Å². The van der Waals surface area contributed by atoms with E-state index in [0.29, 0.717) is 47.1 Å². The zero-order valence-corrected chi connectivity index (χ0v) is 21.8. The number of aliphatic hydroxyl groups excluding tert-OH is 2. The monoisotopic (exact) mass is 538 g/mol. The van der Waals surface area contributed by atoms with Gasteiger partial charge in [-0.3, -0.25) is 4.39 Å². The molecule has 3 aliphatic rings. The lowest BCUT2D eigenvalue weighted by Crippen LogP contribution is -2.60.